The summed E-state index contributed by atoms with van der Waals surface area (Å²) in [4.78, 5) is 0. The molecule has 18 heavy (non-hydrogen) atoms. The van der Waals surface area contributed by atoms with Gasteiger partial charge in [-0.15, -0.1) is 0 Å². The quantitative estimate of drug-likeness (QED) is 0.762. The van der Waals surface area contributed by atoms with E-state index in [4.69, 9.17) is 9.47 Å². The molecule has 0 saturated heterocycles. The molecule has 1 N–H and O–H groups in total. The Morgan fingerprint density at radius 1 is 1.00 bits per heavy atom. The predicted molar refractivity (Wildman–Crippen MR) is 72.7 cm³/mol. The molecule has 0 fully saturated rings. The van der Waals surface area contributed by atoms with Crippen molar-refractivity contribution >= 4 is 5.69 Å². The minimum Gasteiger partial charge on any atom is -0.483 e. The van der Waals surface area contributed by atoms with E-state index >= 15 is 0 Å². The first kappa shape index (κ1) is 11.7. The lowest BCUT2D eigenvalue weighted by atomic mass is 10.0. The van der Waals surface area contributed by atoms with E-state index < -0.39 is 0 Å². The third-order valence-electron chi connectivity index (χ3n) is 3.61. The van der Waals surface area contributed by atoms with Gasteiger partial charge in [0.1, 0.15) is 11.2 Å². The second-order valence-corrected chi connectivity index (χ2v) is 6.51. The lowest BCUT2D eigenvalue weighted by molar-refractivity contribution is 0.0900. The highest BCUT2D eigenvalue weighted by atomic mass is 16.5. The Labute approximate surface area is 108 Å². The zero-order valence-corrected chi connectivity index (χ0v) is 11.6. The SMILES string of the molecule is CC1(C)Cc2ccc3c(c2O1)OC(C)(C)CCN3. The maximum Gasteiger partial charge on any atom is 0.185 e. The first-order chi connectivity index (χ1) is 8.36. The lowest BCUT2D eigenvalue weighted by Crippen LogP contribution is -2.29. The molecule has 0 radical (unpaired) electrons. The van der Waals surface area contributed by atoms with Crippen molar-refractivity contribution in [3.8, 4) is 11.5 Å². The van der Waals surface area contributed by atoms with Gasteiger partial charge < -0.3 is 14.8 Å². The molecule has 3 nitrogen and oxygen atoms in total. The molecule has 98 valence electrons. The van der Waals surface area contributed by atoms with Crippen LogP contribution >= 0.6 is 0 Å². The molecular formula is C15H21NO2. The molecule has 0 unspecified atom stereocenters. The molecule has 2 aliphatic rings. The molecule has 2 heterocycles. The van der Waals surface area contributed by atoms with E-state index in [1.165, 1.54) is 5.56 Å². The van der Waals surface area contributed by atoms with Gasteiger partial charge in [0, 0.05) is 24.9 Å². The van der Waals surface area contributed by atoms with Gasteiger partial charge in [0.2, 0.25) is 0 Å². The lowest BCUT2D eigenvalue weighted by Gasteiger charge is -2.25. The summed E-state index contributed by atoms with van der Waals surface area (Å²) in [6.45, 7) is 9.43. The van der Waals surface area contributed by atoms with Crippen molar-refractivity contribution in [2.45, 2.75) is 51.7 Å². The van der Waals surface area contributed by atoms with Crippen LogP contribution in [0.25, 0.3) is 0 Å². The topological polar surface area (TPSA) is 30.5 Å². The van der Waals surface area contributed by atoms with Crippen LogP contribution in [0.5, 0.6) is 11.5 Å². The van der Waals surface area contributed by atoms with E-state index in [1.807, 2.05) is 0 Å². The zero-order chi connectivity index (χ0) is 13.0. The Kier molecular flexibility index (Phi) is 2.31. The first-order valence-corrected chi connectivity index (χ1v) is 6.64. The predicted octanol–water partition coefficient (Wildman–Crippen LogP) is 3.37. The minimum atomic E-state index is -0.149. The van der Waals surface area contributed by atoms with E-state index in [0.29, 0.717) is 0 Å². The number of ether oxygens (including phenoxy) is 2. The van der Waals surface area contributed by atoms with E-state index in [9.17, 15) is 0 Å². The van der Waals surface area contributed by atoms with Gasteiger partial charge in [-0.3, -0.25) is 0 Å². The fourth-order valence-electron chi connectivity index (χ4n) is 2.69. The molecule has 3 rings (SSSR count). The van der Waals surface area contributed by atoms with Gasteiger partial charge in [-0.2, -0.15) is 0 Å². The van der Waals surface area contributed by atoms with Gasteiger partial charge in [-0.05, 0) is 33.8 Å². The Hall–Kier alpha value is -1.38. The molecule has 0 bridgehead atoms. The number of hydrogen-bond acceptors (Lipinski definition) is 3. The number of anilines is 1. The van der Waals surface area contributed by atoms with E-state index in [-0.39, 0.29) is 11.2 Å². The molecule has 0 spiro atoms. The Morgan fingerprint density at radius 2 is 1.72 bits per heavy atom. The molecule has 2 aliphatic heterocycles. The van der Waals surface area contributed by atoms with E-state index in [2.05, 4.69) is 45.1 Å². The van der Waals surface area contributed by atoms with Crippen LogP contribution in [-0.2, 0) is 6.42 Å². The molecule has 1 aromatic rings. The van der Waals surface area contributed by atoms with Gasteiger partial charge in [-0.25, -0.2) is 0 Å². The van der Waals surface area contributed by atoms with Crippen molar-refractivity contribution in [1.29, 1.82) is 0 Å². The molecule has 0 aliphatic carbocycles. The van der Waals surface area contributed by atoms with Crippen LogP contribution in [0.1, 0.15) is 39.7 Å². The van der Waals surface area contributed by atoms with Gasteiger partial charge in [0.25, 0.3) is 0 Å². The van der Waals surface area contributed by atoms with E-state index in [0.717, 1.165) is 36.6 Å². The highest BCUT2D eigenvalue weighted by Gasteiger charge is 2.36. The number of fused-ring (bicyclic) bond motifs is 3. The summed E-state index contributed by atoms with van der Waals surface area (Å²) in [6.07, 6.45) is 1.93. The smallest absolute Gasteiger partial charge is 0.185 e. The monoisotopic (exact) mass is 247 g/mol. The molecule has 0 atom stereocenters. The molecular weight excluding hydrogens is 226 g/mol. The van der Waals surface area contributed by atoms with Crippen LogP contribution in [-0.4, -0.2) is 17.7 Å². The summed E-state index contributed by atoms with van der Waals surface area (Å²) < 4.78 is 12.3. The van der Waals surface area contributed by atoms with Crippen molar-refractivity contribution in [3.63, 3.8) is 0 Å². The Bertz CT molecular complexity index is 492. The number of hydrogen-bond donors (Lipinski definition) is 1. The summed E-state index contributed by atoms with van der Waals surface area (Å²) >= 11 is 0. The van der Waals surface area contributed by atoms with Crippen LogP contribution in [0, 0.1) is 0 Å². The fraction of sp³-hybridized carbons (Fsp3) is 0.600. The standard InChI is InChI=1S/C15H21NO2/c1-14(2)7-8-16-11-6-5-10-9-15(3,4)17-12(10)13(11)18-14/h5-6,16H,7-9H2,1-4H3. The van der Waals surface area contributed by atoms with Crippen LogP contribution < -0.4 is 14.8 Å². The average molecular weight is 247 g/mol. The zero-order valence-electron chi connectivity index (χ0n) is 11.6. The second kappa shape index (κ2) is 3.56. The van der Waals surface area contributed by atoms with Gasteiger partial charge in [-0.1, -0.05) is 6.07 Å². The average Bonchev–Trinajstić information content (AvgIpc) is 2.45. The van der Waals surface area contributed by atoms with Crippen molar-refractivity contribution in [3.05, 3.63) is 17.7 Å². The third kappa shape index (κ3) is 1.92. The molecule has 1 aromatic carbocycles. The van der Waals surface area contributed by atoms with Gasteiger partial charge >= 0.3 is 0 Å². The summed E-state index contributed by atoms with van der Waals surface area (Å²) in [5.74, 6) is 1.82. The van der Waals surface area contributed by atoms with Crippen LogP contribution in [0.4, 0.5) is 5.69 Å². The molecule has 3 heteroatoms. The van der Waals surface area contributed by atoms with Gasteiger partial charge in [0.05, 0.1) is 5.69 Å². The van der Waals surface area contributed by atoms with Crippen molar-refractivity contribution in [2.24, 2.45) is 0 Å². The van der Waals surface area contributed by atoms with Crippen molar-refractivity contribution < 1.29 is 9.47 Å². The van der Waals surface area contributed by atoms with Crippen LogP contribution in [0.3, 0.4) is 0 Å². The third-order valence-corrected chi connectivity index (χ3v) is 3.61. The summed E-state index contributed by atoms with van der Waals surface area (Å²) in [5.41, 5.74) is 2.02. The summed E-state index contributed by atoms with van der Waals surface area (Å²) in [7, 11) is 0. The van der Waals surface area contributed by atoms with Crippen molar-refractivity contribution in [2.75, 3.05) is 11.9 Å². The maximum atomic E-state index is 6.19. The second-order valence-electron chi connectivity index (χ2n) is 6.51. The van der Waals surface area contributed by atoms with Gasteiger partial charge in [0.15, 0.2) is 11.5 Å². The summed E-state index contributed by atoms with van der Waals surface area (Å²) in [6, 6.07) is 4.26. The number of benzene rings is 1. The van der Waals surface area contributed by atoms with E-state index in [1.54, 1.807) is 0 Å². The normalized spacial score (nSPS) is 22.9. The van der Waals surface area contributed by atoms with Crippen LogP contribution in [0.15, 0.2) is 12.1 Å². The fourth-order valence-corrected chi connectivity index (χ4v) is 2.69. The molecule has 0 amide bonds. The number of nitrogens with one attached hydrogen (secondary N) is 1. The van der Waals surface area contributed by atoms with Crippen molar-refractivity contribution in [1.82, 2.24) is 0 Å². The number of rotatable bonds is 0. The Morgan fingerprint density at radius 3 is 2.50 bits per heavy atom. The van der Waals surface area contributed by atoms with Crippen LogP contribution in [0.2, 0.25) is 0 Å². The highest BCUT2D eigenvalue weighted by Crippen LogP contribution is 2.48. The molecule has 0 aromatic heterocycles. The highest BCUT2D eigenvalue weighted by molar-refractivity contribution is 5.67. The summed E-state index contributed by atoms with van der Waals surface area (Å²) in [5, 5.41) is 3.43. The molecule has 0 saturated carbocycles. The maximum absolute atomic E-state index is 6.19. The minimum absolute atomic E-state index is 0.128. The largest absolute Gasteiger partial charge is 0.483 e. The Balaban J connectivity index is 2.08. The first-order valence-electron chi connectivity index (χ1n) is 6.64.